The third-order valence-corrected chi connectivity index (χ3v) is 5.47. The lowest BCUT2D eigenvalue weighted by Crippen LogP contribution is -2.22. The first kappa shape index (κ1) is 21.7. The summed E-state index contributed by atoms with van der Waals surface area (Å²) in [5.41, 5.74) is 9.43. The summed E-state index contributed by atoms with van der Waals surface area (Å²) in [6, 6.07) is 10.9. The lowest BCUT2D eigenvalue weighted by Gasteiger charge is -2.30. The molecule has 0 aliphatic carbocycles. The van der Waals surface area contributed by atoms with E-state index in [1.807, 2.05) is 51.1 Å². The molecule has 6 nitrogen and oxygen atoms in total. The minimum atomic E-state index is -1.09. The molecule has 2 atom stereocenters. The van der Waals surface area contributed by atoms with Gasteiger partial charge in [-0.25, -0.2) is 14.4 Å². The van der Waals surface area contributed by atoms with Gasteiger partial charge < -0.3 is 15.2 Å². The molecule has 7 heteroatoms. The molecule has 166 valence electrons. The summed E-state index contributed by atoms with van der Waals surface area (Å²) in [5, 5.41) is 7.51. The summed E-state index contributed by atoms with van der Waals surface area (Å²) in [4.78, 5) is 8.19. The fraction of sp³-hybridized carbons (Fsp3) is 0.320. The summed E-state index contributed by atoms with van der Waals surface area (Å²) in [5.74, 6) is 1.07. The van der Waals surface area contributed by atoms with Gasteiger partial charge in [0, 0.05) is 29.1 Å². The van der Waals surface area contributed by atoms with Gasteiger partial charge in [-0.1, -0.05) is 32.9 Å². The maximum Gasteiger partial charge on any atom is 0.279 e. The number of rotatable bonds is 5. The fourth-order valence-corrected chi connectivity index (χ4v) is 3.96. The van der Waals surface area contributed by atoms with Crippen molar-refractivity contribution in [3.05, 3.63) is 71.8 Å². The lowest BCUT2D eigenvalue weighted by atomic mass is 9.83. The highest BCUT2D eigenvalue weighted by molar-refractivity contribution is 5.69. The molecule has 4 rings (SSSR count). The number of hydrogen-bond acceptors (Lipinski definition) is 5. The Bertz CT molecular complexity index is 1130. The minimum absolute atomic E-state index is 0.137. The number of aromatic nitrogens is 2. The van der Waals surface area contributed by atoms with E-state index in [2.05, 4.69) is 9.97 Å². The Morgan fingerprint density at radius 3 is 2.41 bits per heavy atom. The Kier molecular flexibility index (Phi) is 5.82. The Morgan fingerprint density at radius 2 is 1.75 bits per heavy atom. The minimum Gasteiger partial charge on any atom is -0.465 e. The number of alkyl halides is 1. The maximum atomic E-state index is 15.1. The van der Waals surface area contributed by atoms with Gasteiger partial charge in [0.2, 0.25) is 0 Å². The number of benzene rings is 2. The Labute approximate surface area is 187 Å². The molecule has 0 amide bonds. The van der Waals surface area contributed by atoms with Crippen molar-refractivity contribution in [1.82, 2.24) is 9.97 Å². The van der Waals surface area contributed by atoms with Crippen LogP contribution in [0.3, 0.4) is 0 Å². The molecule has 32 heavy (non-hydrogen) atoms. The monoisotopic (exact) mass is 434 g/mol. The summed E-state index contributed by atoms with van der Waals surface area (Å²) >= 11 is 0. The maximum absolute atomic E-state index is 15.1. The highest BCUT2D eigenvalue weighted by Crippen LogP contribution is 2.47. The quantitative estimate of drug-likeness (QED) is 0.395. The van der Waals surface area contributed by atoms with Crippen LogP contribution in [0.1, 0.15) is 56.0 Å². The van der Waals surface area contributed by atoms with E-state index in [1.54, 1.807) is 18.5 Å². The highest BCUT2D eigenvalue weighted by Gasteiger charge is 2.30. The van der Waals surface area contributed by atoms with E-state index >= 15 is 4.39 Å². The van der Waals surface area contributed by atoms with Gasteiger partial charge in [-0.3, -0.25) is 5.41 Å². The molecular formula is C25H27FN4O2. The molecule has 0 spiro atoms. The van der Waals surface area contributed by atoms with Crippen LogP contribution in [0.15, 0.2) is 55.1 Å². The van der Waals surface area contributed by atoms with Gasteiger partial charge >= 0.3 is 0 Å². The average molecular weight is 435 g/mol. The van der Waals surface area contributed by atoms with E-state index in [0.29, 0.717) is 23.5 Å². The Hall–Kier alpha value is -3.48. The first-order valence-electron chi connectivity index (χ1n) is 10.5. The van der Waals surface area contributed by atoms with Gasteiger partial charge in [0.1, 0.15) is 30.6 Å². The molecule has 0 saturated carbocycles. The number of nitrogens with one attached hydrogen (secondary N) is 1. The number of fused-ring (bicyclic) bond motifs is 2. The molecule has 0 saturated heterocycles. The van der Waals surface area contributed by atoms with Crippen LogP contribution in [0.25, 0.3) is 11.1 Å². The molecule has 3 aromatic rings. The van der Waals surface area contributed by atoms with Crippen LogP contribution in [0, 0.1) is 10.8 Å². The van der Waals surface area contributed by atoms with Crippen LogP contribution >= 0.6 is 0 Å². The van der Waals surface area contributed by atoms with Crippen molar-refractivity contribution in [2.24, 2.45) is 11.1 Å². The van der Waals surface area contributed by atoms with Crippen LogP contribution in [0.4, 0.5) is 4.39 Å². The van der Waals surface area contributed by atoms with Crippen molar-refractivity contribution >= 4 is 6.02 Å². The largest absolute Gasteiger partial charge is 0.465 e. The van der Waals surface area contributed by atoms with E-state index in [0.717, 1.165) is 22.3 Å². The van der Waals surface area contributed by atoms with Gasteiger partial charge in [0.15, 0.2) is 0 Å². The molecule has 0 radical (unpaired) electrons. The zero-order valence-corrected chi connectivity index (χ0v) is 18.4. The van der Waals surface area contributed by atoms with Crippen molar-refractivity contribution < 1.29 is 13.9 Å². The zero-order valence-electron chi connectivity index (χ0n) is 18.4. The first-order valence-corrected chi connectivity index (χ1v) is 10.5. The number of nitrogens with zero attached hydrogens (tertiary/aromatic N) is 2. The van der Waals surface area contributed by atoms with Crippen LogP contribution in [-0.4, -0.2) is 22.6 Å². The van der Waals surface area contributed by atoms with E-state index in [4.69, 9.17) is 20.6 Å². The third kappa shape index (κ3) is 4.72. The SMILES string of the molecule is CC(C)(C)CC(F)c1ccc2c(c1)C(COC(=N)N)c1cc(-c3cncnc3)ccc1O2. The fourth-order valence-electron chi connectivity index (χ4n) is 3.96. The normalized spacial score (nSPS) is 15.8. The molecule has 1 aliphatic rings. The van der Waals surface area contributed by atoms with Crippen molar-refractivity contribution in [2.45, 2.75) is 39.3 Å². The first-order chi connectivity index (χ1) is 15.2. The van der Waals surface area contributed by atoms with Gasteiger partial charge in [-0.2, -0.15) is 0 Å². The molecule has 2 unspecified atom stereocenters. The number of nitrogens with two attached hydrogens (primary N) is 1. The Morgan fingerprint density at radius 1 is 1.09 bits per heavy atom. The number of ether oxygens (including phenoxy) is 2. The van der Waals surface area contributed by atoms with Crippen molar-refractivity contribution in [3.63, 3.8) is 0 Å². The van der Waals surface area contributed by atoms with Crippen LogP contribution in [0.5, 0.6) is 11.5 Å². The highest BCUT2D eigenvalue weighted by atomic mass is 19.1. The van der Waals surface area contributed by atoms with Crippen LogP contribution in [-0.2, 0) is 4.74 Å². The average Bonchev–Trinajstić information content (AvgIpc) is 2.75. The summed E-state index contributed by atoms with van der Waals surface area (Å²) in [7, 11) is 0. The van der Waals surface area contributed by atoms with Crippen molar-refractivity contribution in [3.8, 4) is 22.6 Å². The van der Waals surface area contributed by atoms with Gasteiger partial charge in [0.05, 0.1) is 5.92 Å². The standard InChI is InChI=1S/C25H27FN4O2/c1-25(2,3)10-21(26)16-5-7-23-19(9-16)20(13-31-24(27)28)18-8-15(4-6-22(18)32-23)17-11-29-14-30-12-17/h4-9,11-12,14,20-21H,10,13H2,1-3H3,(H3,27,28). The summed E-state index contributed by atoms with van der Waals surface area (Å²) < 4.78 is 26.6. The van der Waals surface area contributed by atoms with Gasteiger partial charge in [-0.15, -0.1) is 0 Å². The number of halogens is 1. The van der Waals surface area contributed by atoms with Crippen LogP contribution < -0.4 is 10.5 Å². The van der Waals surface area contributed by atoms with Crippen molar-refractivity contribution in [2.75, 3.05) is 6.61 Å². The zero-order chi connectivity index (χ0) is 22.9. The summed E-state index contributed by atoms with van der Waals surface area (Å²) in [6.07, 6.45) is 4.29. The van der Waals surface area contributed by atoms with Crippen LogP contribution in [0.2, 0.25) is 0 Å². The predicted octanol–water partition coefficient (Wildman–Crippen LogP) is 5.74. The van der Waals surface area contributed by atoms with E-state index in [1.165, 1.54) is 6.33 Å². The molecule has 2 heterocycles. The van der Waals surface area contributed by atoms with E-state index < -0.39 is 6.17 Å². The second-order valence-corrected chi connectivity index (χ2v) is 9.24. The molecule has 2 aromatic carbocycles. The van der Waals surface area contributed by atoms with E-state index in [-0.39, 0.29) is 24.0 Å². The third-order valence-electron chi connectivity index (χ3n) is 5.47. The number of amidine groups is 1. The van der Waals surface area contributed by atoms with E-state index in [9.17, 15) is 0 Å². The second kappa shape index (κ2) is 8.57. The molecular weight excluding hydrogens is 407 g/mol. The summed E-state index contributed by atoms with van der Waals surface area (Å²) in [6.45, 7) is 6.22. The Balaban J connectivity index is 1.76. The molecule has 1 aliphatic heterocycles. The lowest BCUT2D eigenvalue weighted by molar-refractivity contribution is 0.227. The smallest absolute Gasteiger partial charge is 0.279 e. The van der Waals surface area contributed by atoms with Gasteiger partial charge in [-0.05, 0) is 47.2 Å². The number of hydrogen-bond donors (Lipinski definition) is 2. The molecule has 3 N–H and O–H groups in total. The van der Waals surface area contributed by atoms with Crippen molar-refractivity contribution in [1.29, 1.82) is 5.41 Å². The predicted molar refractivity (Wildman–Crippen MR) is 122 cm³/mol. The molecule has 1 aromatic heterocycles. The molecule has 0 bridgehead atoms. The second-order valence-electron chi connectivity index (χ2n) is 9.24. The topological polar surface area (TPSA) is 94.1 Å². The molecule has 0 fully saturated rings. The van der Waals surface area contributed by atoms with Gasteiger partial charge in [0.25, 0.3) is 6.02 Å².